The van der Waals surface area contributed by atoms with Gasteiger partial charge in [0.2, 0.25) is 0 Å². The van der Waals surface area contributed by atoms with Crippen molar-refractivity contribution in [2.24, 2.45) is 0 Å². The normalized spacial score (nSPS) is 22.7. The Hall–Kier alpha value is -1.33. The first kappa shape index (κ1) is 15.2. The number of aromatic nitrogens is 1. The van der Waals surface area contributed by atoms with Crippen LogP contribution in [0.4, 0.5) is 5.69 Å². The van der Waals surface area contributed by atoms with Gasteiger partial charge in [0.25, 0.3) is 0 Å². The van der Waals surface area contributed by atoms with E-state index in [-0.39, 0.29) is 5.75 Å². The Morgan fingerprint density at radius 2 is 1.96 bits per heavy atom. The zero-order chi connectivity index (χ0) is 16.1. The van der Waals surface area contributed by atoms with Gasteiger partial charge in [-0.15, -0.1) is 0 Å². The van der Waals surface area contributed by atoms with E-state index >= 15 is 0 Å². The summed E-state index contributed by atoms with van der Waals surface area (Å²) in [5.41, 5.74) is 1.92. The number of fused-ring (bicyclic) bond motifs is 1. The summed E-state index contributed by atoms with van der Waals surface area (Å²) in [4.78, 5) is 6.57. The second kappa shape index (κ2) is 5.35. The molecule has 2 aliphatic rings. The van der Waals surface area contributed by atoms with Crippen LogP contribution < -0.4 is 4.90 Å². The lowest BCUT2D eigenvalue weighted by molar-refractivity contribution is 0.324. The number of anilines is 1. The molecule has 0 bridgehead atoms. The molecule has 0 amide bonds. The topological polar surface area (TPSA) is 50.3 Å². The van der Waals surface area contributed by atoms with E-state index in [1.54, 1.807) is 6.20 Å². The smallest absolute Gasteiger partial charge is 0.157 e. The maximum Gasteiger partial charge on any atom is 0.157 e. The summed E-state index contributed by atoms with van der Waals surface area (Å²) in [7, 11) is -3.01. The molecule has 0 atom stereocenters. The molecule has 4 rings (SSSR count). The van der Waals surface area contributed by atoms with E-state index in [0.29, 0.717) is 11.6 Å². The third-order valence-electron chi connectivity index (χ3n) is 5.41. The van der Waals surface area contributed by atoms with Crippen LogP contribution in [0.2, 0.25) is 5.02 Å². The fourth-order valence-corrected chi connectivity index (χ4v) is 6.18. The molecule has 122 valence electrons. The molecule has 1 aromatic carbocycles. The molecule has 1 saturated carbocycles. The molecule has 2 fully saturated rings. The maximum atomic E-state index is 12.6. The van der Waals surface area contributed by atoms with Gasteiger partial charge in [-0.2, -0.15) is 0 Å². The lowest BCUT2D eigenvalue weighted by atomic mass is 9.81. The van der Waals surface area contributed by atoms with Gasteiger partial charge in [-0.3, -0.25) is 4.98 Å². The first-order valence-electron chi connectivity index (χ1n) is 8.02. The van der Waals surface area contributed by atoms with Crippen LogP contribution in [-0.4, -0.2) is 37.0 Å². The first-order valence-corrected chi connectivity index (χ1v) is 10.1. The second-order valence-corrected chi connectivity index (χ2v) is 9.52. The van der Waals surface area contributed by atoms with Crippen molar-refractivity contribution in [1.29, 1.82) is 0 Å². The highest BCUT2D eigenvalue weighted by Crippen LogP contribution is 2.44. The summed E-state index contributed by atoms with van der Waals surface area (Å²) >= 11 is 6.14. The second-order valence-electron chi connectivity index (χ2n) is 6.58. The lowest BCUT2D eigenvalue weighted by Gasteiger charge is -2.40. The maximum absolute atomic E-state index is 12.6. The van der Waals surface area contributed by atoms with Gasteiger partial charge in [-0.05, 0) is 43.5 Å². The van der Waals surface area contributed by atoms with Gasteiger partial charge in [0, 0.05) is 35.4 Å². The summed E-state index contributed by atoms with van der Waals surface area (Å²) in [6.45, 7) is 1.31. The van der Waals surface area contributed by atoms with E-state index in [4.69, 9.17) is 11.6 Å². The van der Waals surface area contributed by atoms with Crippen molar-refractivity contribution < 1.29 is 8.42 Å². The Morgan fingerprint density at radius 3 is 2.70 bits per heavy atom. The largest absolute Gasteiger partial charge is 0.370 e. The molecule has 1 saturated heterocycles. The van der Waals surface area contributed by atoms with Crippen molar-refractivity contribution >= 4 is 38.0 Å². The van der Waals surface area contributed by atoms with Gasteiger partial charge in [0.15, 0.2) is 9.84 Å². The standard InChI is InChI=1S/C17H19ClN2O2S/c18-13-2-3-15-14(12-13)16(4-8-19-15)20-9-7-17(5-1-6-17)23(21,22)11-10-20/h2-4,8,12H,1,5-7,9-11H2. The molecule has 1 aromatic heterocycles. The van der Waals surface area contributed by atoms with E-state index in [1.165, 1.54) is 0 Å². The van der Waals surface area contributed by atoms with Gasteiger partial charge in [-0.25, -0.2) is 8.42 Å². The molecule has 4 nitrogen and oxygen atoms in total. The van der Waals surface area contributed by atoms with Crippen LogP contribution in [0.5, 0.6) is 0 Å². The third-order valence-corrected chi connectivity index (χ3v) is 8.30. The molecular weight excluding hydrogens is 332 g/mol. The quantitative estimate of drug-likeness (QED) is 0.790. The predicted octanol–water partition coefficient (Wildman–Crippen LogP) is 3.44. The molecule has 23 heavy (non-hydrogen) atoms. The number of pyridine rings is 1. The summed E-state index contributed by atoms with van der Waals surface area (Å²) in [6, 6.07) is 7.61. The van der Waals surface area contributed by atoms with Crippen LogP contribution in [0.25, 0.3) is 10.9 Å². The highest BCUT2D eigenvalue weighted by atomic mass is 35.5. The van der Waals surface area contributed by atoms with Gasteiger partial charge in [0.05, 0.1) is 16.0 Å². The molecule has 6 heteroatoms. The Bertz CT molecular complexity index is 862. The number of hydrogen-bond donors (Lipinski definition) is 0. The van der Waals surface area contributed by atoms with Gasteiger partial charge in [0.1, 0.15) is 0 Å². The number of sulfone groups is 1. The fraction of sp³-hybridized carbons (Fsp3) is 0.471. The average Bonchev–Trinajstić information content (AvgIpc) is 2.62. The summed E-state index contributed by atoms with van der Waals surface area (Å²) in [5, 5.41) is 1.66. The number of rotatable bonds is 1. The molecule has 1 aliphatic heterocycles. The first-order chi connectivity index (χ1) is 11.0. The number of halogens is 1. The monoisotopic (exact) mass is 350 g/mol. The van der Waals surface area contributed by atoms with E-state index in [1.807, 2.05) is 24.3 Å². The van der Waals surface area contributed by atoms with Crippen molar-refractivity contribution in [3.8, 4) is 0 Å². The van der Waals surface area contributed by atoms with E-state index in [2.05, 4.69) is 9.88 Å². The highest BCUT2D eigenvalue weighted by Gasteiger charge is 2.49. The lowest BCUT2D eigenvalue weighted by Crippen LogP contribution is -2.46. The minimum absolute atomic E-state index is 0.234. The van der Waals surface area contributed by atoms with E-state index in [0.717, 1.165) is 48.8 Å². The van der Waals surface area contributed by atoms with Crippen LogP contribution in [0.15, 0.2) is 30.5 Å². The highest BCUT2D eigenvalue weighted by molar-refractivity contribution is 7.92. The Balaban J connectivity index is 1.73. The SMILES string of the molecule is O=S1(=O)CCN(c2ccnc3ccc(Cl)cc23)CCC12CCC2. The van der Waals surface area contributed by atoms with Gasteiger partial charge in [-0.1, -0.05) is 18.0 Å². The molecule has 0 N–H and O–H groups in total. The predicted molar refractivity (Wildman–Crippen MR) is 94.0 cm³/mol. The zero-order valence-electron chi connectivity index (χ0n) is 12.8. The molecule has 2 aromatic rings. The van der Waals surface area contributed by atoms with Crippen molar-refractivity contribution in [2.45, 2.75) is 30.4 Å². The Kier molecular flexibility index (Phi) is 3.54. The van der Waals surface area contributed by atoms with Crippen LogP contribution in [0.1, 0.15) is 25.7 Å². The number of hydrogen-bond acceptors (Lipinski definition) is 4. The van der Waals surface area contributed by atoms with Crippen molar-refractivity contribution in [2.75, 3.05) is 23.7 Å². The molecule has 0 radical (unpaired) electrons. The molecular formula is C17H19ClN2O2S. The number of nitrogens with zero attached hydrogens (tertiary/aromatic N) is 2. The van der Waals surface area contributed by atoms with Gasteiger partial charge < -0.3 is 4.90 Å². The Labute approximate surface area is 141 Å². The fourth-order valence-electron chi connectivity index (χ4n) is 3.81. The molecule has 2 heterocycles. The van der Waals surface area contributed by atoms with E-state index < -0.39 is 14.6 Å². The van der Waals surface area contributed by atoms with Crippen LogP contribution in [0, 0.1) is 0 Å². The zero-order valence-corrected chi connectivity index (χ0v) is 14.4. The van der Waals surface area contributed by atoms with Gasteiger partial charge >= 0.3 is 0 Å². The average molecular weight is 351 g/mol. The third kappa shape index (κ3) is 2.41. The molecule has 0 unspecified atom stereocenters. The summed E-state index contributed by atoms with van der Waals surface area (Å²) in [5.74, 6) is 0.234. The number of benzene rings is 1. The summed E-state index contributed by atoms with van der Waals surface area (Å²) < 4.78 is 24.8. The minimum Gasteiger partial charge on any atom is -0.370 e. The molecule has 1 aliphatic carbocycles. The summed E-state index contributed by atoms with van der Waals surface area (Å²) in [6.07, 6.45) is 5.19. The van der Waals surface area contributed by atoms with Crippen molar-refractivity contribution in [3.05, 3.63) is 35.5 Å². The van der Waals surface area contributed by atoms with Crippen LogP contribution >= 0.6 is 11.6 Å². The van der Waals surface area contributed by atoms with Crippen molar-refractivity contribution in [3.63, 3.8) is 0 Å². The minimum atomic E-state index is -3.01. The molecule has 1 spiro atoms. The van der Waals surface area contributed by atoms with Crippen molar-refractivity contribution in [1.82, 2.24) is 4.98 Å². The van der Waals surface area contributed by atoms with E-state index in [9.17, 15) is 8.42 Å². The Morgan fingerprint density at radius 1 is 1.13 bits per heavy atom. The van der Waals surface area contributed by atoms with Crippen LogP contribution in [-0.2, 0) is 9.84 Å². The van der Waals surface area contributed by atoms with Crippen LogP contribution in [0.3, 0.4) is 0 Å².